The molecule has 0 radical (unpaired) electrons. The van der Waals surface area contributed by atoms with Crippen LogP contribution in [0.15, 0.2) is 53.1 Å². The zero-order valence-corrected chi connectivity index (χ0v) is 19.9. The number of hydrogen-bond acceptors (Lipinski definition) is 8. The summed E-state index contributed by atoms with van der Waals surface area (Å²) in [4.78, 5) is 43.1. The number of nitrogens with zero attached hydrogens (tertiary/aromatic N) is 1. The number of carbonyl (C=O) groups is 3. The van der Waals surface area contributed by atoms with Crippen LogP contribution in [0.5, 0.6) is 5.75 Å². The zero-order valence-electron chi connectivity index (χ0n) is 19.9. The maximum Gasteiger partial charge on any atom is 0.255 e. The molecule has 1 aromatic carbocycles. The van der Waals surface area contributed by atoms with Gasteiger partial charge in [0.1, 0.15) is 22.8 Å². The van der Waals surface area contributed by atoms with Gasteiger partial charge in [-0.15, -0.1) is 0 Å². The number of anilines is 1. The lowest BCUT2D eigenvalue weighted by Crippen LogP contribution is -2.43. The molecule has 3 atom stereocenters. The van der Waals surface area contributed by atoms with Crippen molar-refractivity contribution in [3.63, 3.8) is 0 Å². The van der Waals surface area contributed by atoms with Gasteiger partial charge in [0.15, 0.2) is 11.6 Å². The van der Waals surface area contributed by atoms with E-state index in [0.717, 1.165) is 0 Å². The number of benzene rings is 1. The number of allylic oxidation sites excluding steroid dienone is 3. The number of carbonyl (C=O) groups excluding carboxylic acids is 3. The molecule has 6 N–H and O–H groups in total. The summed E-state index contributed by atoms with van der Waals surface area (Å²) in [6.45, 7) is 3.81. The Morgan fingerprint density at radius 3 is 2.56 bits per heavy atom. The van der Waals surface area contributed by atoms with Crippen LogP contribution >= 0.6 is 0 Å². The number of aliphatic hydroxyl groups is 2. The SMILES string of the molecule is CC(C)Nc1cc(-c2ccccn2)c2c(c1O)C(=O)C1=C(O)C3C(=O)C(C(N)=O)=C(O)CC3CC1C2. The van der Waals surface area contributed by atoms with Gasteiger partial charge in [0, 0.05) is 29.8 Å². The van der Waals surface area contributed by atoms with E-state index in [9.17, 15) is 29.7 Å². The molecule has 5 rings (SSSR count). The molecule has 36 heavy (non-hydrogen) atoms. The monoisotopic (exact) mass is 489 g/mol. The Hall–Kier alpha value is -4.14. The highest BCUT2D eigenvalue weighted by Gasteiger charge is 2.50. The van der Waals surface area contributed by atoms with E-state index < -0.39 is 46.6 Å². The first-order valence-electron chi connectivity index (χ1n) is 11.9. The van der Waals surface area contributed by atoms with E-state index in [-0.39, 0.29) is 35.1 Å². The molecule has 3 unspecified atom stereocenters. The van der Waals surface area contributed by atoms with Crippen molar-refractivity contribution < 1.29 is 29.7 Å². The van der Waals surface area contributed by atoms with Gasteiger partial charge in [-0.1, -0.05) is 6.07 Å². The van der Waals surface area contributed by atoms with E-state index in [1.54, 1.807) is 18.3 Å². The van der Waals surface area contributed by atoms with Crippen molar-refractivity contribution in [2.45, 2.75) is 39.2 Å². The van der Waals surface area contributed by atoms with Crippen LogP contribution in [0.1, 0.15) is 42.6 Å². The van der Waals surface area contributed by atoms with Gasteiger partial charge in [-0.3, -0.25) is 19.4 Å². The van der Waals surface area contributed by atoms with Gasteiger partial charge >= 0.3 is 0 Å². The summed E-state index contributed by atoms with van der Waals surface area (Å²) in [5, 5.41) is 35.9. The van der Waals surface area contributed by atoms with E-state index >= 15 is 0 Å². The molecule has 3 aliphatic carbocycles. The molecular weight excluding hydrogens is 462 g/mol. The predicted molar refractivity (Wildman–Crippen MR) is 131 cm³/mol. The number of nitrogens with two attached hydrogens (primary N) is 1. The standard InChI is InChI=1S/C27H27N3O6/c1-11(2)30-17-10-14(16-5-3-4-6-29-16)15-8-12-7-13-9-18(31)22(27(28)36)26(35)20(13)24(33)19(12)25(34)21(15)23(17)32/h3-6,10-13,20,30-33H,7-9H2,1-2H3,(H2,28,36). The van der Waals surface area contributed by atoms with Crippen LogP contribution in [-0.4, -0.2) is 43.8 Å². The second kappa shape index (κ2) is 8.51. The maximum atomic E-state index is 13.9. The molecule has 0 fully saturated rings. The molecule has 0 bridgehead atoms. The summed E-state index contributed by atoms with van der Waals surface area (Å²) in [6.07, 6.45) is 2.31. The number of hydrogen-bond donors (Lipinski definition) is 5. The fourth-order valence-electron chi connectivity index (χ4n) is 5.88. The fraction of sp³-hybridized carbons (Fsp3) is 0.333. The molecule has 0 aliphatic heterocycles. The van der Waals surface area contributed by atoms with Crippen LogP contribution in [0.4, 0.5) is 5.69 Å². The van der Waals surface area contributed by atoms with Gasteiger partial charge in [0.25, 0.3) is 5.91 Å². The normalized spacial score (nSPS) is 23.4. The van der Waals surface area contributed by atoms with E-state index in [2.05, 4.69) is 10.3 Å². The third-order valence-corrected chi connectivity index (χ3v) is 7.27. The first-order valence-corrected chi connectivity index (χ1v) is 11.9. The number of phenolic OH excluding ortho intramolecular Hbond substituents is 1. The molecule has 1 aromatic heterocycles. The van der Waals surface area contributed by atoms with Crippen LogP contribution in [0.3, 0.4) is 0 Å². The number of amides is 1. The summed E-state index contributed by atoms with van der Waals surface area (Å²) in [7, 11) is 0. The van der Waals surface area contributed by atoms with Crippen LogP contribution < -0.4 is 11.1 Å². The first-order chi connectivity index (χ1) is 17.1. The molecule has 9 heteroatoms. The average Bonchev–Trinajstić information content (AvgIpc) is 2.80. The summed E-state index contributed by atoms with van der Waals surface area (Å²) >= 11 is 0. The third-order valence-electron chi connectivity index (χ3n) is 7.27. The number of pyridine rings is 1. The summed E-state index contributed by atoms with van der Waals surface area (Å²) < 4.78 is 0. The molecular formula is C27H27N3O6. The Morgan fingerprint density at radius 2 is 1.92 bits per heavy atom. The molecule has 0 saturated heterocycles. The Balaban J connectivity index is 1.69. The number of aromatic hydroxyl groups is 1. The molecule has 9 nitrogen and oxygen atoms in total. The summed E-state index contributed by atoms with van der Waals surface area (Å²) in [5.74, 6) is -5.51. The van der Waals surface area contributed by atoms with Gasteiger partial charge in [-0.25, -0.2) is 0 Å². The van der Waals surface area contributed by atoms with Crippen molar-refractivity contribution in [3.8, 4) is 17.0 Å². The third kappa shape index (κ3) is 3.54. The Labute approximate surface area is 207 Å². The van der Waals surface area contributed by atoms with E-state index in [1.165, 1.54) is 0 Å². The molecule has 3 aliphatic rings. The largest absolute Gasteiger partial charge is 0.511 e. The minimum atomic E-state index is -1.14. The molecule has 186 valence electrons. The maximum absolute atomic E-state index is 13.9. The van der Waals surface area contributed by atoms with Crippen LogP contribution in [0, 0.1) is 17.8 Å². The average molecular weight is 490 g/mol. The Morgan fingerprint density at radius 1 is 1.17 bits per heavy atom. The van der Waals surface area contributed by atoms with Crippen LogP contribution in [0.2, 0.25) is 0 Å². The number of ketones is 2. The van der Waals surface area contributed by atoms with E-state index in [4.69, 9.17) is 5.73 Å². The van der Waals surface area contributed by atoms with Crippen molar-refractivity contribution in [3.05, 3.63) is 64.3 Å². The van der Waals surface area contributed by atoms with Crippen molar-refractivity contribution in [2.24, 2.45) is 23.5 Å². The highest BCUT2D eigenvalue weighted by molar-refractivity contribution is 6.22. The van der Waals surface area contributed by atoms with Crippen molar-refractivity contribution in [1.82, 2.24) is 4.98 Å². The van der Waals surface area contributed by atoms with E-state index in [0.29, 0.717) is 35.3 Å². The lowest BCUT2D eigenvalue weighted by atomic mass is 9.62. The number of aliphatic hydroxyl groups excluding tert-OH is 2. The number of phenols is 1. The van der Waals surface area contributed by atoms with Crippen LogP contribution in [0.25, 0.3) is 11.3 Å². The lowest BCUT2D eigenvalue weighted by molar-refractivity contribution is -0.126. The molecule has 1 heterocycles. The highest BCUT2D eigenvalue weighted by Crippen LogP contribution is 2.51. The number of primary amides is 1. The Kier molecular flexibility index (Phi) is 5.58. The number of fused-ring (bicyclic) bond motifs is 3. The number of aromatic nitrogens is 1. The van der Waals surface area contributed by atoms with E-state index in [1.807, 2.05) is 26.0 Å². The van der Waals surface area contributed by atoms with Gasteiger partial charge in [-0.2, -0.15) is 0 Å². The second-order valence-electron chi connectivity index (χ2n) is 9.94. The minimum absolute atomic E-state index is 0.000832. The molecule has 1 amide bonds. The van der Waals surface area contributed by atoms with Gasteiger partial charge in [0.05, 0.1) is 22.9 Å². The van der Waals surface area contributed by atoms with Crippen molar-refractivity contribution in [1.29, 1.82) is 0 Å². The van der Waals surface area contributed by atoms with Crippen molar-refractivity contribution >= 4 is 23.2 Å². The highest BCUT2D eigenvalue weighted by atomic mass is 16.3. The predicted octanol–water partition coefficient (Wildman–Crippen LogP) is 3.35. The first kappa shape index (κ1) is 23.6. The number of Topliss-reactive ketones (excluding diaryl/α,β-unsaturated/α-hetero) is 2. The molecule has 0 saturated carbocycles. The topological polar surface area (TPSA) is 163 Å². The zero-order chi connectivity index (χ0) is 25.9. The lowest BCUT2D eigenvalue weighted by Gasteiger charge is -2.41. The van der Waals surface area contributed by atoms with Crippen molar-refractivity contribution in [2.75, 3.05) is 5.32 Å². The summed E-state index contributed by atoms with van der Waals surface area (Å²) in [5.41, 5.74) is 7.20. The minimum Gasteiger partial charge on any atom is -0.511 e. The quantitative estimate of drug-likeness (QED) is 0.322. The number of rotatable bonds is 4. The number of nitrogens with one attached hydrogen (secondary N) is 1. The Bertz CT molecular complexity index is 1380. The van der Waals surface area contributed by atoms with Crippen LogP contribution in [-0.2, 0) is 16.0 Å². The van der Waals surface area contributed by atoms with Gasteiger partial charge < -0.3 is 26.4 Å². The second-order valence-corrected chi connectivity index (χ2v) is 9.94. The molecule has 2 aromatic rings. The smallest absolute Gasteiger partial charge is 0.255 e. The summed E-state index contributed by atoms with van der Waals surface area (Å²) in [6, 6.07) is 7.19. The fourth-order valence-corrected chi connectivity index (χ4v) is 5.88. The molecule has 0 spiro atoms. The van der Waals surface area contributed by atoms with Gasteiger partial charge in [-0.05, 0) is 62.3 Å². The van der Waals surface area contributed by atoms with Gasteiger partial charge in [0.2, 0.25) is 0 Å².